The summed E-state index contributed by atoms with van der Waals surface area (Å²) < 4.78 is 88.6. The van der Waals surface area contributed by atoms with Crippen molar-refractivity contribution in [3.8, 4) is 33.4 Å². The predicted molar refractivity (Wildman–Crippen MR) is 252 cm³/mol. The normalized spacial score (nSPS) is 14.0. The van der Waals surface area contributed by atoms with Gasteiger partial charge in [-0.25, -0.2) is 0 Å². The van der Waals surface area contributed by atoms with Gasteiger partial charge < -0.3 is 14.6 Å². The molecular formula is C56H50N2O. The highest BCUT2D eigenvalue weighted by molar-refractivity contribution is 6.12. The number of para-hydroxylation sites is 1. The molecular weight excluding hydrogens is 717 g/mol. The molecule has 0 fully saturated rings. The average Bonchev–Trinajstić information content (AvgIpc) is 3.71. The number of benzene rings is 8. The highest BCUT2D eigenvalue weighted by atomic mass is 16.3. The van der Waals surface area contributed by atoms with Gasteiger partial charge in [0, 0.05) is 33.6 Å². The van der Waals surface area contributed by atoms with Crippen molar-refractivity contribution >= 4 is 50.4 Å². The third-order valence-electron chi connectivity index (χ3n) is 10.7. The predicted octanol–water partition coefficient (Wildman–Crippen LogP) is 16.4. The summed E-state index contributed by atoms with van der Waals surface area (Å²) in [6, 6.07) is 38.6. The van der Waals surface area contributed by atoms with Crippen LogP contribution >= 0.6 is 0 Å². The fourth-order valence-electron chi connectivity index (χ4n) is 7.58. The van der Waals surface area contributed by atoms with E-state index >= 15 is 0 Å². The van der Waals surface area contributed by atoms with E-state index in [9.17, 15) is 5.48 Å². The van der Waals surface area contributed by atoms with Gasteiger partial charge in [-0.15, -0.1) is 0 Å². The van der Waals surface area contributed by atoms with Crippen LogP contribution in [0.4, 0.5) is 28.4 Å². The van der Waals surface area contributed by atoms with Gasteiger partial charge in [-0.1, -0.05) is 169 Å². The molecule has 1 aromatic heterocycles. The fraction of sp³-hybridized carbons (Fsp3) is 0.143. The maximum absolute atomic E-state index is 10.2. The van der Waals surface area contributed by atoms with Crippen molar-refractivity contribution in [2.24, 2.45) is 0 Å². The van der Waals surface area contributed by atoms with Crippen LogP contribution in [0.1, 0.15) is 65.0 Å². The van der Waals surface area contributed by atoms with E-state index in [-0.39, 0.29) is 22.2 Å². The summed E-state index contributed by atoms with van der Waals surface area (Å²) in [4.78, 5) is 1.81. The van der Waals surface area contributed by atoms with Crippen LogP contribution in [0, 0.1) is 0 Å². The van der Waals surface area contributed by atoms with Crippen molar-refractivity contribution in [1.29, 1.82) is 0 Å². The topological polar surface area (TPSA) is 28.4 Å². The monoisotopic (exact) mass is 775 g/mol. The zero-order chi connectivity index (χ0) is 48.6. The van der Waals surface area contributed by atoms with Crippen LogP contribution in [0.2, 0.25) is 0 Å². The quantitative estimate of drug-likeness (QED) is 0.167. The molecule has 0 saturated heterocycles. The minimum absolute atomic E-state index is 0.106. The van der Waals surface area contributed by atoms with Crippen molar-refractivity contribution in [3.63, 3.8) is 0 Å². The molecule has 290 valence electrons. The molecule has 0 aliphatic rings. The Kier molecular flexibility index (Phi) is 7.33. The Balaban J connectivity index is 1.46. The third-order valence-corrected chi connectivity index (χ3v) is 10.7. The summed E-state index contributed by atoms with van der Waals surface area (Å²) in [5.74, 6) is 0. The first-order valence-electron chi connectivity index (χ1n) is 24.4. The molecule has 8 aromatic carbocycles. The molecule has 9 rings (SSSR count). The Morgan fingerprint density at radius 1 is 0.508 bits per heavy atom. The second kappa shape index (κ2) is 15.2. The second-order valence-electron chi connectivity index (χ2n) is 16.9. The Morgan fingerprint density at radius 3 is 1.76 bits per heavy atom. The Bertz CT molecular complexity index is 3360. The van der Waals surface area contributed by atoms with E-state index in [0.29, 0.717) is 22.6 Å². The number of fused-ring (bicyclic) bond motifs is 3. The molecule has 3 nitrogen and oxygen atoms in total. The van der Waals surface area contributed by atoms with Crippen molar-refractivity contribution in [3.05, 3.63) is 199 Å². The van der Waals surface area contributed by atoms with Gasteiger partial charge in [0.1, 0.15) is 11.2 Å². The van der Waals surface area contributed by atoms with E-state index in [1.807, 2.05) is 120 Å². The molecule has 1 heterocycles. The summed E-state index contributed by atoms with van der Waals surface area (Å²) in [5, 5.41) is 5.56. The molecule has 0 aliphatic heterocycles. The molecule has 0 aliphatic carbocycles. The molecule has 3 heteroatoms. The lowest BCUT2D eigenvalue weighted by Gasteiger charge is -2.34. The van der Waals surface area contributed by atoms with Crippen LogP contribution in [0.3, 0.4) is 0 Å². The van der Waals surface area contributed by atoms with Crippen molar-refractivity contribution < 1.29 is 16.8 Å². The summed E-state index contributed by atoms with van der Waals surface area (Å²) >= 11 is 0. The van der Waals surface area contributed by atoms with Gasteiger partial charge in [-0.2, -0.15) is 0 Å². The SMILES string of the molecule is [2H]c1c([2H])c([2H])c(-c2c([2H])c([2H])c([2H])c(N(c3cc(Nc4cccc5oc6ccccc6c45)cc(C(C)(C)C)c3)c3c(-c4ccccc4)cc(C(C)(C)C)cc3-c3ccccc3)c2[2H])c([2H])c1[2H]. The molecule has 0 radical (unpaired) electrons. The Hall–Kier alpha value is -6.84. The molecule has 0 saturated carbocycles. The van der Waals surface area contributed by atoms with Crippen LogP contribution in [0.5, 0.6) is 0 Å². The van der Waals surface area contributed by atoms with E-state index in [2.05, 4.69) is 65.1 Å². The van der Waals surface area contributed by atoms with Crippen LogP contribution < -0.4 is 10.2 Å². The van der Waals surface area contributed by atoms with Gasteiger partial charge in [-0.3, -0.25) is 0 Å². The molecule has 0 spiro atoms. The first-order chi connectivity index (χ1) is 32.3. The number of anilines is 5. The highest BCUT2D eigenvalue weighted by Gasteiger charge is 2.28. The summed E-state index contributed by atoms with van der Waals surface area (Å²) in [6.45, 7) is 12.7. The average molecular weight is 776 g/mol. The van der Waals surface area contributed by atoms with Crippen molar-refractivity contribution in [2.45, 2.75) is 52.4 Å². The number of nitrogens with one attached hydrogen (secondary N) is 1. The molecule has 9 aromatic rings. The van der Waals surface area contributed by atoms with Crippen LogP contribution in [0.25, 0.3) is 55.3 Å². The summed E-state index contributed by atoms with van der Waals surface area (Å²) in [5.41, 5.74) is 7.48. The maximum atomic E-state index is 10.2. The molecule has 1 N–H and O–H groups in total. The van der Waals surface area contributed by atoms with E-state index in [0.717, 1.165) is 55.4 Å². The lowest BCUT2D eigenvalue weighted by molar-refractivity contribution is 0.590. The van der Waals surface area contributed by atoms with E-state index in [1.54, 1.807) is 0 Å². The second-order valence-corrected chi connectivity index (χ2v) is 16.9. The first-order valence-corrected chi connectivity index (χ1v) is 19.9. The Morgan fingerprint density at radius 2 is 1.10 bits per heavy atom. The number of hydrogen-bond acceptors (Lipinski definition) is 3. The van der Waals surface area contributed by atoms with Crippen molar-refractivity contribution in [1.82, 2.24) is 0 Å². The van der Waals surface area contributed by atoms with E-state index in [4.69, 9.17) is 11.3 Å². The molecule has 0 unspecified atom stereocenters. The third kappa shape index (κ3) is 7.53. The Labute approximate surface area is 361 Å². The zero-order valence-corrected chi connectivity index (χ0v) is 34.1. The van der Waals surface area contributed by atoms with Gasteiger partial charge in [0.05, 0.1) is 29.1 Å². The summed E-state index contributed by atoms with van der Waals surface area (Å²) in [6.07, 6.45) is 0. The zero-order valence-electron chi connectivity index (χ0n) is 43.1. The minimum Gasteiger partial charge on any atom is -0.456 e. The van der Waals surface area contributed by atoms with Crippen LogP contribution in [0.15, 0.2) is 192 Å². The number of hydrogen-bond donors (Lipinski definition) is 1. The molecule has 59 heavy (non-hydrogen) atoms. The largest absolute Gasteiger partial charge is 0.456 e. The van der Waals surface area contributed by atoms with Gasteiger partial charge in [0.25, 0.3) is 0 Å². The van der Waals surface area contributed by atoms with Gasteiger partial charge in [0.2, 0.25) is 0 Å². The molecule has 0 atom stereocenters. The van der Waals surface area contributed by atoms with Gasteiger partial charge in [0.15, 0.2) is 0 Å². The minimum atomic E-state index is -0.635. The molecule has 0 bridgehead atoms. The number of rotatable bonds is 8. The lowest BCUT2D eigenvalue weighted by atomic mass is 9.81. The lowest BCUT2D eigenvalue weighted by Crippen LogP contribution is -2.18. The van der Waals surface area contributed by atoms with Gasteiger partial charge in [-0.05, 0) is 105 Å². The van der Waals surface area contributed by atoms with Crippen LogP contribution in [-0.4, -0.2) is 0 Å². The highest BCUT2D eigenvalue weighted by Crippen LogP contribution is 2.50. The van der Waals surface area contributed by atoms with E-state index in [1.165, 1.54) is 0 Å². The molecule has 0 amide bonds. The first kappa shape index (κ1) is 28.5. The number of furan rings is 1. The number of nitrogens with zero attached hydrogens (tertiary/aromatic N) is 1. The summed E-state index contributed by atoms with van der Waals surface area (Å²) in [7, 11) is 0. The van der Waals surface area contributed by atoms with Crippen LogP contribution in [-0.2, 0) is 10.8 Å². The van der Waals surface area contributed by atoms with Gasteiger partial charge >= 0.3 is 0 Å². The smallest absolute Gasteiger partial charge is 0.137 e. The standard InChI is InChI=1S/C56H50N2O/c1-55(2,3)42-33-44(57-50-29-19-31-52-53(50)47-28-16-17-30-51(47)59-52)37-46(34-42)58(45-27-18-26-41(32-45)38-20-10-7-11-21-38)54-48(39-22-12-8-13-23-39)35-43(56(4,5)6)36-49(54)40-24-14-9-15-25-40/h7-37,57H,1-6H3/i7D,10D,11D,18D,20D,21D,26D,27D,32D. The fourth-order valence-corrected chi connectivity index (χ4v) is 7.58. The maximum Gasteiger partial charge on any atom is 0.137 e. The van der Waals surface area contributed by atoms with Crippen molar-refractivity contribution in [2.75, 3.05) is 10.2 Å². The van der Waals surface area contributed by atoms with E-state index < -0.39 is 59.8 Å².